The quantitative estimate of drug-likeness (QED) is 0.483. The summed E-state index contributed by atoms with van der Waals surface area (Å²) in [6.45, 7) is 0. The molecule has 0 aliphatic carbocycles. The molecule has 112 valence electrons. The number of aromatic nitrogens is 2. The summed E-state index contributed by atoms with van der Waals surface area (Å²) in [5.74, 6) is 0. The molecule has 0 saturated carbocycles. The Balaban J connectivity index is 2.53. The van der Waals surface area contributed by atoms with Crippen LogP contribution < -0.4 is 0 Å². The van der Waals surface area contributed by atoms with Crippen molar-refractivity contribution in [2.75, 3.05) is 0 Å². The third-order valence-electron chi connectivity index (χ3n) is 2.32. The third-order valence-corrected chi connectivity index (χ3v) is 6.21. The van der Waals surface area contributed by atoms with E-state index < -0.39 is 40.0 Å². The number of non-ortho nitro benzene ring substituents is 1. The first-order valence-corrected chi connectivity index (χ1v) is 7.82. The van der Waals surface area contributed by atoms with E-state index in [2.05, 4.69) is 10.2 Å². The van der Waals surface area contributed by atoms with Crippen LogP contribution in [-0.2, 0) is 15.3 Å². The lowest BCUT2D eigenvalue weighted by Crippen LogP contribution is -2.06. The average molecular weight is 340 g/mol. The molecule has 0 N–H and O–H groups in total. The summed E-state index contributed by atoms with van der Waals surface area (Å²) in [5, 5.41) is 16.5. The summed E-state index contributed by atoms with van der Waals surface area (Å²) in [6.07, 6.45) is 0. The molecule has 0 aliphatic heterocycles. The fraction of sp³-hybridized carbons (Fsp3) is 0.111. The van der Waals surface area contributed by atoms with Crippen molar-refractivity contribution in [3.05, 3.63) is 39.9 Å². The monoisotopic (exact) mass is 340 g/mol. The maximum atomic E-state index is 12.7. The minimum atomic E-state index is -4.81. The topological polar surface area (TPSA) is 103 Å². The van der Waals surface area contributed by atoms with E-state index in [1.165, 1.54) is 0 Å². The summed E-state index contributed by atoms with van der Waals surface area (Å²) in [6, 6.07) is 3.47. The van der Waals surface area contributed by atoms with Crippen LogP contribution in [0, 0.1) is 10.1 Å². The molecule has 0 fully saturated rings. The Morgan fingerprint density at radius 1 is 1.19 bits per heavy atom. The van der Waals surface area contributed by atoms with Crippen LogP contribution >= 0.6 is 10.5 Å². The number of benzene rings is 1. The van der Waals surface area contributed by atoms with E-state index in [9.17, 15) is 31.7 Å². The van der Waals surface area contributed by atoms with Gasteiger partial charge in [0.2, 0.25) is 0 Å². The minimum absolute atomic E-state index is 0.381. The van der Waals surface area contributed by atoms with Crippen molar-refractivity contribution < 1.29 is 26.5 Å². The van der Waals surface area contributed by atoms with Crippen molar-refractivity contribution in [1.29, 1.82) is 0 Å². The molecule has 1 aromatic carbocycles. The predicted molar refractivity (Wildman–Crippen MR) is 64.4 cm³/mol. The van der Waals surface area contributed by atoms with Gasteiger partial charge in [0, 0.05) is 12.1 Å². The first-order chi connectivity index (χ1) is 9.64. The van der Waals surface area contributed by atoms with Crippen LogP contribution in [-0.4, -0.2) is 23.5 Å². The number of alkyl halides is 3. The summed E-state index contributed by atoms with van der Waals surface area (Å²) < 4.78 is 61.2. The Labute approximate surface area is 118 Å². The van der Waals surface area contributed by atoms with Gasteiger partial charge in [-0.25, -0.2) is 8.42 Å². The second-order valence-electron chi connectivity index (χ2n) is 3.62. The van der Waals surface area contributed by atoms with Crippen molar-refractivity contribution in [1.82, 2.24) is 10.2 Å². The maximum Gasteiger partial charge on any atom is 0.604 e. The molecular formula is C9H5F3N3O4S2+. The summed E-state index contributed by atoms with van der Waals surface area (Å²) >= 11 is 0. The summed E-state index contributed by atoms with van der Waals surface area (Å²) in [5.41, 5.74) is -4.78. The van der Waals surface area contributed by atoms with Crippen LogP contribution in [0.4, 0.5) is 18.9 Å². The molecule has 0 radical (unpaired) electrons. The highest BCUT2D eigenvalue weighted by atomic mass is 32.3. The van der Waals surface area contributed by atoms with Gasteiger partial charge in [-0.2, -0.15) is 0 Å². The lowest BCUT2D eigenvalue weighted by molar-refractivity contribution is -0.384. The molecule has 1 heterocycles. The molecule has 0 bridgehead atoms. The first-order valence-electron chi connectivity index (χ1n) is 5.04. The van der Waals surface area contributed by atoms with Gasteiger partial charge in [0.25, 0.3) is 21.0 Å². The van der Waals surface area contributed by atoms with Crippen molar-refractivity contribution >= 4 is 26.0 Å². The largest absolute Gasteiger partial charge is 0.604 e. The van der Waals surface area contributed by atoms with E-state index >= 15 is 0 Å². The molecule has 2 aromatic rings. The fourth-order valence-corrected chi connectivity index (χ4v) is 4.57. The van der Waals surface area contributed by atoms with Crippen LogP contribution in [0.1, 0.15) is 0 Å². The standard InChI is InChI=1S/C9H5F3N3O4S2/c10-9(11,12)20-5-13-14-8(20)21(18,19)7-3-1-6(2-4-7)15(16)17/h1-5H/q+1. The molecule has 0 spiro atoms. The molecule has 21 heavy (non-hydrogen) atoms. The van der Waals surface area contributed by atoms with Crippen LogP contribution in [0.5, 0.6) is 0 Å². The molecule has 0 saturated heterocycles. The van der Waals surface area contributed by atoms with Crippen LogP contribution in [0.25, 0.3) is 0 Å². The molecule has 1 aromatic heterocycles. The van der Waals surface area contributed by atoms with E-state index in [-0.39, 0.29) is 5.69 Å². The third kappa shape index (κ3) is 2.85. The minimum Gasteiger partial charge on any atom is -0.258 e. The number of rotatable bonds is 3. The Morgan fingerprint density at radius 2 is 1.76 bits per heavy atom. The van der Waals surface area contributed by atoms with E-state index in [0.717, 1.165) is 24.3 Å². The zero-order chi connectivity index (χ0) is 15.8. The van der Waals surface area contributed by atoms with Crippen molar-refractivity contribution in [2.45, 2.75) is 14.7 Å². The summed E-state index contributed by atoms with van der Waals surface area (Å²) in [4.78, 5) is 9.19. The lowest BCUT2D eigenvalue weighted by atomic mass is 10.3. The zero-order valence-electron chi connectivity index (χ0n) is 9.81. The highest BCUT2D eigenvalue weighted by molar-refractivity contribution is 7.94. The van der Waals surface area contributed by atoms with Crippen molar-refractivity contribution in [3.8, 4) is 0 Å². The molecule has 0 aliphatic rings. The molecule has 0 amide bonds. The SMILES string of the molecule is O=[N+]([O-])c1ccc(S(=O)(=O)c2nnc[s+]2C(F)(F)F)cc1. The van der Waals surface area contributed by atoms with E-state index in [4.69, 9.17) is 0 Å². The highest BCUT2D eigenvalue weighted by Gasteiger charge is 2.51. The maximum absolute atomic E-state index is 12.7. The second-order valence-corrected chi connectivity index (χ2v) is 7.48. The Hall–Kier alpha value is -2.08. The molecule has 1 atom stereocenters. The van der Waals surface area contributed by atoms with Gasteiger partial charge in [-0.15, -0.1) is 13.2 Å². The smallest absolute Gasteiger partial charge is 0.258 e. The van der Waals surface area contributed by atoms with Crippen molar-refractivity contribution in [3.63, 3.8) is 0 Å². The highest BCUT2D eigenvalue weighted by Crippen LogP contribution is 2.46. The van der Waals surface area contributed by atoms with Crippen LogP contribution in [0.2, 0.25) is 0 Å². The van der Waals surface area contributed by atoms with E-state index in [1.54, 1.807) is 0 Å². The molecule has 1 unspecified atom stereocenters. The van der Waals surface area contributed by atoms with Gasteiger partial charge in [-0.1, -0.05) is 10.2 Å². The van der Waals surface area contributed by atoms with Gasteiger partial charge in [-0.05, 0) is 12.1 Å². The molecular weight excluding hydrogens is 335 g/mol. The van der Waals surface area contributed by atoms with Gasteiger partial charge in [0.1, 0.15) is 10.5 Å². The van der Waals surface area contributed by atoms with Crippen molar-refractivity contribution in [2.24, 2.45) is 0 Å². The normalized spacial score (nSPS) is 13.2. The lowest BCUT2D eigenvalue weighted by Gasteiger charge is -2.00. The van der Waals surface area contributed by atoms with Gasteiger partial charge in [-0.3, -0.25) is 10.1 Å². The number of nitro groups is 1. The number of hydrogen-bond acceptors (Lipinski definition) is 6. The number of nitrogens with zero attached hydrogens (tertiary/aromatic N) is 3. The Bertz CT molecular complexity index is 783. The zero-order valence-corrected chi connectivity index (χ0v) is 11.4. The Kier molecular flexibility index (Phi) is 3.67. The fourth-order valence-electron chi connectivity index (χ4n) is 1.39. The predicted octanol–water partition coefficient (Wildman–Crippen LogP) is 2.44. The summed E-state index contributed by atoms with van der Waals surface area (Å²) in [7, 11) is -7.25. The number of sulfone groups is 1. The first kappa shape index (κ1) is 15.3. The molecule has 7 nitrogen and oxygen atoms in total. The van der Waals surface area contributed by atoms with Gasteiger partial charge in [0.05, 0.1) is 9.82 Å². The van der Waals surface area contributed by atoms with Crippen LogP contribution in [0.3, 0.4) is 0 Å². The van der Waals surface area contributed by atoms with E-state index in [0.29, 0.717) is 5.51 Å². The Morgan fingerprint density at radius 3 is 2.24 bits per heavy atom. The van der Waals surface area contributed by atoms with Gasteiger partial charge < -0.3 is 0 Å². The number of hydrogen-bond donors (Lipinski definition) is 0. The molecule has 2 rings (SSSR count). The van der Waals surface area contributed by atoms with Gasteiger partial charge >= 0.3 is 9.85 Å². The number of halogens is 3. The molecule has 12 heteroatoms. The van der Waals surface area contributed by atoms with E-state index in [1.807, 2.05) is 0 Å². The average Bonchev–Trinajstić information content (AvgIpc) is 2.88. The van der Waals surface area contributed by atoms with Crippen LogP contribution in [0.15, 0.2) is 39.0 Å². The van der Waals surface area contributed by atoms with Gasteiger partial charge in [0.15, 0.2) is 0 Å². The number of nitro benzene ring substituents is 1. The second kappa shape index (κ2) is 5.04.